The summed E-state index contributed by atoms with van der Waals surface area (Å²) < 4.78 is 29.3. The Kier molecular flexibility index (Phi) is 7.52. The molecule has 1 saturated heterocycles. The molecular weight excluding hydrogens is 424 g/mol. The fraction of sp³-hybridized carbons (Fsp3) is 0.269. The Morgan fingerprint density at radius 1 is 0.879 bits per heavy atom. The summed E-state index contributed by atoms with van der Waals surface area (Å²) in [5.74, 6) is -0.367. The van der Waals surface area contributed by atoms with E-state index in [1.54, 1.807) is 6.07 Å². The number of piperazine rings is 1. The summed E-state index contributed by atoms with van der Waals surface area (Å²) in [6.07, 6.45) is 0. The van der Waals surface area contributed by atoms with Gasteiger partial charge in [0, 0.05) is 50.5 Å². The van der Waals surface area contributed by atoms with E-state index in [4.69, 9.17) is 0 Å². The van der Waals surface area contributed by atoms with E-state index < -0.39 is 6.61 Å². The van der Waals surface area contributed by atoms with Crippen molar-refractivity contribution in [3.8, 4) is 5.75 Å². The Labute approximate surface area is 192 Å². The second kappa shape index (κ2) is 10.9. The third kappa shape index (κ3) is 6.29. The molecule has 0 aromatic heterocycles. The zero-order valence-corrected chi connectivity index (χ0v) is 18.3. The van der Waals surface area contributed by atoms with Crippen LogP contribution in [0.5, 0.6) is 5.75 Å². The molecule has 0 unspecified atom stereocenters. The van der Waals surface area contributed by atoms with Gasteiger partial charge in [-0.05, 0) is 41.5 Å². The highest BCUT2D eigenvalue weighted by molar-refractivity contribution is 5.94. The van der Waals surface area contributed by atoms with Crippen LogP contribution in [0.3, 0.4) is 0 Å². The molecule has 5 nitrogen and oxygen atoms in total. The van der Waals surface area contributed by atoms with Crippen molar-refractivity contribution < 1.29 is 18.3 Å². The van der Waals surface area contributed by atoms with Gasteiger partial charge >= 0.3 is 6.61 Å². The molecule has 0 aliphatic carbocycles. The maximum absolute atomic E-state index is 12.6. The lowest BCUT2D eigenvalue weighted by atomic mass is 10.1. The van der Waals surface area contributed by atoms with Crippen molar-refractivity contribution in [1.82, 2.24) is 10.2 Å². The SMILES string of the molecule is O=C(NCc1ccccc1CN1CCN(c2ccccc2)CC1)c1cccc(OC(F)F)c1. The van der Waals surface area contributed by atoms with Crippen LogP contribution in [0.25, 0.3) is 0 Å². The quantitative estimate of drug-likeness (QED) is 0.546. The van der Waals surface area contributed by atoms with Crippen LogP contribution in [-0.4, -0.2) is 43.6 Å². The molecule has 7 heteroatoms. The summed E-state index contributed by atoms with van der Waals surface area (Å²) in [6.45, 7) is 2.12. The lowest BCUT2D eigenvalue weighted by Gasteiger charge is -2.36. The van der Waals surface area contributed by atoms with Gasteiger partial charge in [-0.25, -0.2) is 0 Å². The van der Waals surface area contributed by atoms with E-state index in [9.17, 15) is 13.6 Å². The maximum atomic E-state index is 12.6. The predicted molar refractivity (Wildman–Crippen MR) is 125 cm³/mol. The van der Waals surface area contributed by atoms with E-state index >= 15 is 0 Å². The molecule has 1 fully saturated rings. The molecule has 1 heterocycles. The molecule has 0 radical (unpaired) electrons. The highest BCUT2D eigenvalue weighted by Crippen LogP contribution is 2.19. The van der Waals surface area contributed by atoms with Crippen LogP contribution in [-0.2, 0) is 13.1 Å². The van der Waals surface area contributed by atoms with Gasteiger partial charge in [0.25, 0.3) is 5.91 Å². The second-order valence-electron chi connectivity index (χ2n) is 7.96. The van der Waals surface area contributed by atoms with Crippen LogP contribution in [0.1, 0.15) is 21.5 Å². The van der Waals surface area contributed by atoms with Crippen LogP contribution in [0.2, 0.25) is 0 Å². The molecule has 33 heavy (non-hydrogen) atoms. The van der Waals surface area contributed by atoms with E-state index in [1.807, 2.05) is 24.3 Å². The van der Waals surface area contributed by atoms with Crippen molar-refractivity contribution in [2.45, 2.75) is 19.7 Å². The summed E-state index contributed by atoms with van der Waals surface area (Å²) in [7, 11) is 0. The van der Waals surface area contributed by atoms with Crippen LogP contribution >= 0.6 is 0 Å². The van der Waals surface area contributed by atoms with E-state index in [0.29, 0.717) is 6.54 Å². The van der Waals surface area contributed by atoms with E-state index in [0.717, 1.165) is 38.3 Å². The molecule has 1 aliphatic heterocycles. The van der Waals surface area contributed by atoms with Gasteiger partial charge in [-0.15, -0.1) is 0 Å². The lowest BCUT2D eigenvalue weighted by molar-refractivity contribution is -0.0498. The number of para-hydroxylation sites is 1. The van der Waals surface area contributed by atoms with E-state index in [2.05, 4.69) is 50.2 Å². The Balaban J connectivity index is 1.33. The van der Waals surface area contributed by atoms with Gasteiger partial charge in [0.15, 0.2) is 0 Å². The molecule has 0 saturated carbocycles. The number of hydrogen-bond acceptors (Lipinski definition) is 4. The first-order chi connectivity index (χ1) is 16.1. The Morgan fingerprint density at radius 2 is 1.58 bits per heavy atom. The third-order valence-corrected chi connectivity index (χ3v) is 5.77. The number of anilines is 1. The second-order valence-corrected chi connectivity index (χ2v) is 7.96. The number of nitrogens with zero attached hydrogens (tertiary/aromatic N) is 2. The van der Waals surface area contributed by atoms with Crippen LogP contribution < -0.4 is 15.0 Å². The topological polar surface area (TPSA) is 44.8 Å². The number of carbonyl (C=O) groups is 1. The molecule has 0 atom stereocenters. The molecule has 1 amide bonds. The van der Waals surface area contributed by atoms with Crippen molar-refractivity contribution in [3.05, 3.63) is 95.6 Å². The standard InChI is InChI=1S/C26H27F2N3O2/c27-26(28)33-24-12-6-9-20(17-24)25(32)29-18-21-7-4-5-8-22(21)19-30-13-15-31(16-14-30)23-10-2-1-3-11-23/h1-12,17,26H,13-16,18-19H2,(H,29,32). The summed E-state index contributed by atoms with van der Waals surface area (Å²) in [5.41, 5.74) is 3.74. The van der Waals surface area contributed by atoms with Gasteiger partial charge in [-0.1, -0.05) is 48.5 Å². The highest BCUT2D eigenvalue weighted by Gasteiger charge is 2.18. The minimum atomic E-state index is -2.93. The molecule has 172 valence electrons. The molecule has 0 bridgehead atoms. The average Bonchev–Trinajstić information content (AvgIpc) is 2.84. The smallest absolute Gasteiger partial charge is 0.387 e. The Hall–Kier alpha value is -3.45. The van der Waals surface area contributed by atoms with E-state index in [1.165, 1.54) is 29.4 Å². The minimum Gasteiger partial charge on any atom is -0.435 e. The number of carbonyl (C=O) groups excluding carboxylic acids is 1. The summed E-state index contributed by atoms with van der Waals surface area (Å²) in [5, 5.41) is 2.89. The van der Waals surface area contributed by atoms with E-state index in [-0.39, 0.29) is 17.2 Å². The first-order valence-corrected chi connectivity index (χ1v) is 11.0. The molecular formula is C26H27F2N3O2. The lowest BCUT2D eigenvalue weighted by Crippen LogP contribution is -2.46. The largest absolute Gasteiger partial charge is 0.435 e. The fourth-order valence-corrected chi connectivity index (χ4v) is 4.02. The molecule has 1 aliphatic rings. The van der Waals surface area contributed by atoms with Crippen molar-refractivity contribution in [1.29, 1.82) is 0 Å². The third-order valence-electron chi connectivity index (χ3n) is 5.77. The summed E-state index contributed by atoms with van der Waals surface area (Å²) in [4.78, 5) is 17.4. The van der Waals surface area contributed by atoms with Crippen LogP contribution in [0.4, 0.5) is 14.5 Å². The number of nitrogens with one attached hydrogen (secondary N) is 1. The number of amides is 1. The summed E-state index contributed by atoms with van der Waals surface area (Å²) in [6, 6.07) is 24.3. The first kappa shape index (κ1) is 22.7. The predicted octanol–water partition coefficient (Wildman–Crippen LogP) is 4.54. The molecule has 4 rings (SSSR count). The number of alkyl halides is 2. The Morgan fingerprint density at radius 3 is 2.30 bits per heavy atom. The zero-order valence-electron chi connectivity index (χ0n) is 18.3. The van der Waals surface area contributed by atoms with Gasteiger partial charge in [0.05, 0.1) is 0 Å². The molecule has 3 aromatic carbocycles. The highest BCUT2D eigenvalue weighted by atomic mass is 19.3. The van der Waals surface area contributed by atoms with Gasteiger partial charge in [-0.3, -0.25) is 9.69 Å². The van der Waals surface area contributed by atoms with Crippen molar-refractivity contribution in [2.75, 3.05) is 31.1 Å². The Bertz CT molecular complexity index is 1050. The van der Waals surface area contributed by atoms with Gasteiger partial charge in [0.2, 0.25) is 0 Å². The number of halogens is 2. The summed E-state index contributed by atoms with van der Waals surface area (Å²) >= 11 is 0. The van der Waals surface area contributed by atoms with Crippen molar-refractivity contribution >= 4 is 11.6 Å². The fourth-order valence-electron chi connectivity index (χ4n) is 4.02. The maximum Gasteiger partial charge on any atom is 0.387 e. The number of hydrogen-bond donors (Lipinski definition) is 1. The van der Waals surface area contributed by atoms with Crippen LogP contribution in [0, 0.1) is 0 Å². The van der Waals surface area contributed by atoms with Gasteiger partial charge in [0.1, 0.15) is 5.75 Å². The minimum absolute atomic E-state index is 0.0345. The molecule has 0 spiro atoms. The monoisotopic (exact) mass is 451 g/mol. The van der Waals surface area contributed by atoms with Gasteiger partial charge in [-0.2, -0.15) is 8.78 Å². The molecule has 1 N–H and O–H groups in total. The van der Waals surface area contributed by atoms with Crippen molar-refractivity contribution in [3.63, 3.8) is 0 Å². The van der Waals surface area contributed by atoms with Crippen LogP contribution in [0.15, 0.2) is 78.9 Å². The number of rotatable bonds is 8. The van der Waals surface area contributed by atoms with Gasteiger partial charge < -0.3 is 15.0 Å². The number of benzene rings is 3. The number of ether oxygens (including phenoxy) is 1. The first-order valence-electron chi connectivity index (χ1n) is 11.0. The van der Waals surface area contributed by atoms with Crippen molar-refractivity contribution in [2.24, 2.45) is 0 Å². The molecule has 3 aromatic rings. The average molecular weight is 452 g/mol. The normalized spacial score (nSPS) is 14.3. The zero-order chi connectivity index (χ0) is 23.0.